The second kappa shape index (κ2) is 8.04. The molecule has 0 spiro atoms. The van der Waals surface area contributed by atoms with E-state index in [0.29, 0.717) is 24.5 Å². The summed E-state index contributed by atoms with van der Waals surface area (Å²) in [6, 6.07) is 18.1. The molecular weight excluding hydrogens is 356 g/mol. The van der Waals surface area contributed by atoms with Gasteiger partial charge in [-0.25, -0.2) is 0 Å². The lowest BCUT2D eigenvalue weighted by atomic mass is 9.84. The van der Waals surface area contributed by atoms with Crippen LogP contribution in [0, 0.1) is 5.92 Å². The second-order valence-electron chi connectivity index (χ2n) is 9.35. The van der Waals surface area contributed by atoms with Crippen LogP contribution in [0.3, 0.4) is 0 Å². The highest BCUT2D eigenvalue weighted by atomic mass is 16.1. The number of carbonyl (C=O) groups excluding carboxylic acids is 1. The number of carbonyl (C=O) groups is 1. The standard InChI is InChI=1S/C26H32N2O/c27-21-9-6-18(7-10-21)14-15-28-24-12-13-25(28)23-17-20(8-11-22(23)24)26(29)16-19-4-2-1-3-5-19/h1-5,8,11,17-18,21,24-25H,6-7,9-10,12-16,27H2. The largest absolute Gasteiger partial charge is 0.328 e. The predicted octanol–water partition coefficient (Wildman–Crippen LogP) is 5.21. The minimum absolute atomic E-state index is 0.229. The highest BCUT2D eigenvalue weighted by Gasteiger charge is 2.43. The van der Waals surface area contributed by atoms with Gasteiger partial charge in [0.05, 0.1) is 0 Å². The van der Waals surface area contributed by atoms with Crippen LogP contribution in [0.2, 0.25) is 0 Å². The van der Waals surface area contributed by atoms with E-state index >= 15 is 0 Å². The number of ketones is 1. The first-order valence-corrected chi connectivity index (χ1v) is 11.4. The fraction of sp³-hybridized carbons (Fsp3) is 0.500. The molecular formula is C26H32N2O. The molecule has 2 atom stereocenters. The maximum atomic E-state index is 12.8. The van der Waals surface area contributed by atoms with Gasteiger partial charge in [-0.2, -0.15) is 0 Å². The molecule has 0 amide bonds. The van der Waals surface area contributed by atoms with E-state index in [1.54, 1.807) is 0 Å². The molecule has 0 aromatic heterocycles. The van der Waals surface area contributed by atoms with Crippen molar-refractivity contribution in [3.8, 4) is 0 Å². The smallest absolute Gasteiger partial charge is 0.167 e. The maximum absolute atomic E-state index is 12.8. The monoisotopic (exact) mass is 388 g/mol. The number of Topliss-reactive ketones (excluding diaryl/α,β-unsaturated/α-hetero) is 1. The summed E-state index contributed by atoms with van der Waals surface area (Å²) in [5.74, 6) is 1.08. The van der Waals surface area contributed by atoms with Gasteiger partial charge in [0.25, 0.3) is 0 Å². The van der Waals surface area contributed by atoms with Gasteiger partial charge in [-0.15, -0.1) is 0 Å². The zero-order chi connectivity index (χ0) is 19.8. The summed E-state index contributed by atoms with van der Waals surface area (Å²) in [5.41, 5.74) is 10.9. The van der Waals surface area contributed by atoms with E-state index in [-0.39, 0.29) is 5.78 Å². The van der Waals surface area contributed by atoms with Crippen LogP contribution in [0.1, 0.15) is 84.1 Å². The lowest BCUT2D eigenvalue weighted by molar-refractivity contribution is 0.0993. The highest BCUT2D eigenvalue weighted by molar-refractivity contribution is 5.97. The molecule has 3 nitrogen and oxygen atoms in total. The van der Waals surface area contributed by atoms with Crippen molar-refractivity contribution in [2.75, 3.05) is 6.54 Å². The Kier molecular flexibility index (Phi) is 5.28. The van der Waals surface area contributed by atoms with Gasteiger partial charge in [0.1, 0.15) is 0 Å². The van der Waals surface area contributed by atoms with Crippen molar-refractivity contribution in [2.24, 2.45) is 11.7 Å². The van der Waals surface area contributed by atoms with Crippen LogP contribution in [0.15, 0.2) is 48.5 Å². The second-order valence-corrected chi connectivity index (χ2v) is 9.35. The van der Waals surface area contributed by atoms with Crippen molar-refractivity contribution in [2.45, 2.75) is 69.5 Å². The molecule has 1 aliphatic carbocycles. The van der Waals surface area contributed by atoms with E-state index < -0.39 is 0 Å². The molecule has 2 unspecified atom stereocenters. The summed E-state index contributed by atoms with van der Waals surface area (Å²) in [7, 11) is 0. The molecule has 1 saturated heterocycles. The van der Waals surface area contributed by atoms with Crippen LogP contribution in [0.4, 0.5) is 0 Å². The molecule has 3 heteroatoms. The summed E-state index contributed by atoms with van der Waals surface area (Å²) >= 11 is 0. The molecule has 0 radical (unpaired) electrons. The van der Waals surface area contributed by atoms with Crippen LogP contribution in [-0.2, 0) is 6.42 Å². The number of fused-ring (bicyclic) bond motifs is 5. The molecule has 2 aliphatic heterocycles. The van der Waals surface area contributed by atoms with Gasteiger partial charge in [0.2, 0.25) is 0 Å². The molecule has 2 bridgehead atoms. The average molecular weight is 389 g/mol. The van der Waals surface area contributed by atoms with E-state index in [2.05, 4.69) is 23.1 Å². The van der Waals surface area contributed by atoms with Gasteiger partial charge in [-0.05, 0) is 80.2 Å². The molecule has 152 valence electrons. The number of nitrogens with zero attached hydrogens (tertiary/aromatic N) is 1. The lowest BCUT2D eigenvalue weighted by Crippen LogP contribution is -2.29. The summed E-state index contributed by atoms with van der Waals surface area (Å²) in [5, 5.41) is 0. The van der Waals surface area contributed by atoms with Crippen molar-refractivity contribution >= 4 is 5.78 Å². The highest BCUT2D eigenvalue weighted by Crippen LogP contribution is 2.53. The van der Waals surface area contributed by atoms with Gasteiger partial charge in [0.15, 0.2) is 5.78 Å². The first-order valence-electron chi connectivity index (χ1n) is 11.4. The zero-order valence-corrected chi connectivity index (χ0v) is 17.2. The van der Waals surface area contributed by atoms with Gasteiger partial charge in [-0.1, -0.05) is 42.5 Å². The molecule has 2 N–H and O–H groups in total. The molecule has 2 aromatic carbocycles. The fourth-order valence-electron chi connectivity index (χ4n) is 5.88. The Morgan fingerprint density at radius 3 is 2.38 bits per heavy atom. The Morgan fingerprint density at radius 1 is 0.897 bits per heavy atom. The Hall–Kier alpha value is -1.97. The first-order chi connectivity index (χ1) is 14.2. The van der Waals surface area contributed by atoms with E-state index in [1.165, 1.54) is 62.6 Å². The van der Waals surface area contributed by atoms with Gasteiger partial charge >= 0.3 is 0 Å². The summed E-state index contributed by atoms with van der Waals surface area (Å²) in [6.45, 7) is 1.19. The zero-order valence-electron chi connectivity index (χ0n) is 17.2. The molecule has 29 heavy (non-hydrogen) atoms. The van der Waals surface area contributed by atoms with Crippen LogP contribution >= 0.6 is 0 Å². The molecule has 1 saturated carbocycles. The van der Waals surface area contributed by atoms with Crippen LogP contribution in [0.5, 0.6) is 0 Å². The lowest BCUT2D eigenvalue weighted by Gasteiger charge is -2.29. The molecule has 2 fully saturated rings. The van der Waals surface area contributed by atoms with E-state index in [0.717, 1.165) is 17.0 Å². The van der Waals surface area contributed by atoms with Crippen molar-refractivity contribution < 1.29 is 4.79 Å². The summed E-state index contributed by atoms with van der Waals surface area (Å²) in [4.78, 5) is 15.6. The topological polar surface area (TPSA) is 46.3 Å². The van der Waals surface area contributed by atoms with Gasteiger partial charge < -0.3 is 5.73 Å². The third kappa shape index (κ3) is 3.78. The Balaban J connectivity index is 1.26. The van der Waals surface area contributed by atoms with Gasteiger partial charge in [0, 0.05) is 30.1 Å². The van der Waals surface area contributed by atoms with E-state index in [4.69, 9.17) is 5.73 Å². The number of benzene rings is 2. The number of rotatable bonds is 6. The Morgan fingerprint density at radius 2 is 1.62 bits per heavy atom. The normalized spacial score (nSPS) is 28.4. The SMILES string of the molecule is NC1CCC(CCN2C3CCC2c2cc(C(=O)Cc4ccccc4)ccc23)CC1. The van der Waals surface area contributed by atoms with Crippen LogP contribution in [-0.4, -0.2) is 23.3 Å². The van der Waals surface area contributed by atoms with E-state index in [9.17, 15) is 4.79 Å². The molecule has 3 aliphatic rings. The van der Waals surface area contributed by atoms with Crippen molar-refractivity contribution in [3.05, 3.63) is 70.8 Å². The number of nitrogens with two attached hydrogens (primary N) is 1. The van der Waals surface area contributed by atoms with Crippen molar-refractivity contribution in [3.63, 3.8) is 0 Å². The quantitative estimate of drug-likeness (QED) is 0.691. The minimum atomic E-state index is 0.229. The maximum Gasteiger partial charge on any atom is 0.167 e. The molecule has 5 rings (SSSR count). The van der Waals surface area contributed by atoms with E-state index in [1.807, 2.05) is 30.3 Å². The number of hydrogen-bond donors (Lipinski definition) is 1. The fourth-order valence-corrected chi connectivity index (χ4v) is 5.88. The van der Waals surface area contributed by atoms with Crippen LogP contribution in [0.25, 0.3) is 0 Å². The van der Waals surface area contributed by atoms with Gasteiger partial charge in [-0.3, -0.25) is 9.69 Å². The van der Waals surface area contributed by atoms with Crippen LogP contribution < -0.4 is 5.73 Å². The average Bonchev–Trinajstić information content (AvgIpc) is 3.29. The third-order valence-corrected chi connectivity index (χ3v) is 7.54. The third-order valence-electron chi connectivity index (χ3n) is 7.54. The summed E-state index contributed by atoms with van der Waals surface area (Å²) in [6.07, 6.45) is 9.29. The summed E-state index contributed by atoms with van der Waals surface area (Å²) < 4.78 is 0. The van der Waals surface area contributed by atoms with Crippen molar-refractivity contribution in [1.82, 2.24) is 4.90 Å². The van der Waals surface area contributed by atoms with Crippen molar-refractivity contribution in [1.29, 1.82) is 0 Å². The Bertz CT molecular complexity index is 870. The predicted molar refractivity (Wildman–Crippen MR) is 117 cm³/mol. The molecule has 2 heterocycles. The Labute approximate surface area is 174 Å². The molecule has 2 aromatic rings. The minimum Gasteiger partial charge on any atom is -0.328 e. The number of hydrogen-bond acceptors (Lipinski definition) is 3. The first kappa shape index (κ1) is 19.0.